The van der Waals surface area contributed by atoms with Crippen LogP contribution in [0.5, 0.6) is 0 Å². The zero-order chi connectivity index (χ0) is 47.2. The van der Waals surface area contributed by atoms with E-state index in [1.807, 2.05) is 0 Å². The third-order valence-corrected chi connectivity index (χ3v) is 11.6. The van der Waals surface area contributed by atoms with Gasteiger partial charge >= 0.3 is 48.1 Å². The third kappa shape index (κ3) is 117. The minimum atomic E-state index is -0.908. The summed E-state index contributed by atoms with van der Waals surface area (Å²) in [5.41, 5.74) is 14.1. The van der Waals surface area contributed by atoms with E-state index in [-0.39, 0.29) is 80.6 Å². The Balaban J connectivity index is -0.0000000715. The molecule has 0 radical (unpaired) electrons. The molecule has 0 amide bonds. The number of hydrogen-bond acceptors (Lipinski definition) is 5. The van der Waals surface area contributed by atoms with Gasteiger partial charge in [0, 0.05) is 12.4 Å². The van der Waals surface area contributed by atoms with Gasteiger partial charge in [-0.3, -0.25) is 10.1 Å². The van der Waals surface area contributed by atoms with Crippen molar-refractivity contribution in [3.63, 3.8) is 0 Å². The van der Waals surface area contributed by atoms with Gasteiger partial charge in [0.2, 0.25) is 0 Å². The van der Waals surface area contributed by atoms with Gasteiger partial charge in [-0.15, -0.1) is 0 Å². The normalized spacial score (nSPS) is 9.63. The summed E-state index contributed by atoms with van der Waals surface area (Å²) in [5, 5.41) is 31.5. The van der Waals surface area contributed by atoms with Gasteiger partial charge in [0.25, 0.3) is 0 Å². The Kier molecular flexibility index (Phi) is 134. The molecule has 16 heteroatoms. The number of aliphatic carboxylic acids is 2. The fraction of sp³-hybridized carbons (Fsp3) is 0.963. The van der Waals surface area contributed by atoms with Gasteiger partial charge in [0.1, 0.15) is 13.1 Å². The molecule has 0 aliphatic heterocycles. The van der Waals surface area contributed by atoms with E-state index in [0.29, 0.717) is 26.1 Å². The first-order chi connectivity index (χ1) is 30.9. The Labute approximate surface area is 465 Å². The SMILES string of the molecule is C.CCCCCCCCCCCCC(=O)O.CCCCCCCCCCCCC(=O)[O-].CCCCCCCCCCCCCOO.[NH-]CCCCCC[NH2+]CC[NH2+]CCCCCC[NH-].[NH2-].[NH2-].[NH2-].[NH2-].[Pt+4].[Pt+4]. The number of nitrogens with one attached hydrogen (secondary N) is 2. The average Bonchev–Trinajstić information content (AvgIpc) is 3.27. The van der Waals surface area contributed by atoms with Crippen molar-refractivity contribution >= 4 is 11.9 Å². The van der Waals surface area contributed by atoms with Crippen LogP contribution in [0.3, 0.4) is 0 Å². The van der Waals surface area contributed by atoms with Crippen molar-refractivity contribution in [3.05, 3.63) is 36.1 Å². The maximum atomic E-state index is 10.2. The predicted molar refractivity (Wildman–Crippen MR) is 297 cm³/mol. The molecule has 0 saturated carbocycles. The van der Waals surface area contributed by atoms with Crippen LogP contribution < -0.4 is 15.7 Å². The van der Waals surface area contributed by atoms with E-state index >= 15 is 0 Å². The van der Waals surface area contributed by atoms with Crippen LogP contribution in [0.15, 0.2) is 0 Å². The van der Waals surface area contributed by atoms with Gasteiger partial charge in [0.05, 0.1) is 19.7 Å². The van der Waals surface area contributed by atoms with E-state index in [2.05, 4.69) is 36.3 Å². The maximum absolute atomic E-state index is 10.2. The van der Waals surface area contributed by atoms with Crippen LogP contribution in [0.2, 0.25) is 0 Å². The number of carbonyl (C=O) groups is 2. The quantitative estimate of drug-likeness (QED) is 0.0260. The summed E-state index contributed by atoms with van der Waals surface area (Å²) in [4.78, 5) is 24.4. The molecule has 0 atom stereocenters. The summed E-state index contributed by atoms with van der Waals surface area (Å²) >= 11 is 0. The third-order valence-electron chi connectivity index (χ3n) is 11.6. The van der Waals surface area contributed by atoms with Crippen molar-refractivity contribution in [1.82, 2.24) is 0 Å². The van der Waals surface area contributed by atoms with Crippen molar-refractivity contribution in [2.45, 2.75) is 291 Å². The van der Waals surface area contributed by atoms with Gasteiger partial charge in [-0.2, -0.15) is 13.1 Å². The monoisotopic (exact) mass is 1370 g/mol. The van der Waals surface area contributed by atoms with Crippen molar-refractivity contribution in [2.24, 2.45) is 0 Å². The number of quaternary nitrogens is 2. The van der Waals surface area contributed by atoms with Crippen LogP contribution in [-0.2, 0) is 56.6 Å². The van der Waals surface area contributed by atoms with Crippen LogP contribution >= 0.6 is 0 Å². The molecule has 0 aliphatic carbocycles. The zero-order valence-corrected chi connectivity index (χ0v) is 50.1. The van der Waals surface area contributed by atoms with E-state index in [9.17, 15) is 14.7 Å². The van der Waals surface area contributed by atoms with E-state index in [0.717, 1.165) is 44.9 Å². The molecule has 0 unspecified atom stereocenters. The van der Waals surface area contributed by atoms with Crippen LogP contribution in [0, 0.1) is 0 Å². The maximum Gasteiger partial charge on any atom is 4.00 e. The number of carboxylic acids is 2. The van der Waals surface area contributed by atoms with E-state index in [1.165, 1.54) is 232 Å². The Bertz CT molecular complexity index is 760. The van der Waals surface area contributed by atoms with Gasteiger partial charge < -0.3 is 61.7 Å². The first kappa shape index (κ1) is 95.7. The number of nitrogens with two attached hydrogens (primary N) is 6. The van der Waals surface area contributed by atoms with Crippen LogP contribution in [0.1, 0.15) is 291 Å². The molecule has 0 aliphatic rings. The van der Waals surface area contributed by atoms with Crippen LogP contribution in [-0.4, -0.2) is 68.2 Å². The summed E-state index contributed by atoms with van der Waals surface area (Å²) < 4.78 is 0. The molecule has 434 valence electrons. The van der Waals surface area contributed by atoms with Gasteiger partial charge in [-0.25, -0.2) is 4.89 Å². The number of carbonyl (C=O) groups excluding carboxylic acids is 1. The van der Waals surface area contributed by atoms with E-state index < -0.39 is 11.9 Å². The Hall–Kier alpha value is -0.0834. The number of hydrogen-bond donors (Lipinski definition) is 4. The molecule has 0 saturated heterocycles. The predicted octanol–water partition coefficient (Wildman–Crippen LogP) is 17.1. The van der Waals surface area contributed by atoms with Crippen molar-refractivity contribution in [2.75, 3.05) is 45.9 Å². The second kappa shape index (κ2) is 98.1. The number of carboxylic acid groups (broad SMARTS) is 2. The first-order valence-corrected chi connectivity index (χ1v) is 27.5. The minimum Gasteiger partial charge on any atom is -0.693 e. The minimum absolute atomic E-state index is 0. The fourth-order valence-electron chi connectivity index (χ4n) is 7.41. The molecule has 14 nitrogen and oxygen atoms in total. The van der Waals surface area contributed by atoms with E-state index in [1.54, 1.807) is 0 Å². The molecular formula is C54H125N8O6Pt2+3. The molecule has 70 heavy (non-hydrogen) atoms. The number of rotatable bonds is 49. The summed E-state index contributed by atoms with van der Waals surface area (Å²) in [7, 11) is 0. The standard InChI is InChI=1S/C14H32N4.C13H28O2.2C13H26O2.CH4.4H2N.2Pt/c15-9-5-1-3-7-11-17-13-14-18-12-8-4-2-6-10-16;1-2-3-4-5-6-7-8-9-10-11-12-13-15-14;2*1-2-3-4-5-6-7-8-9-10-11-12-13(14)15;;;;;;;/h15-18H,1-14H2;14H,2-13H2,1H3;2*2-12H2,1H3,(H,14,15);1H4;4*1H2;;/q-2;;;;;4*-1;2*+4/p+1. The molecule has 0 spiro atoms. The smallest absolute Gasteiger partial charge is 0.693 e. The molecule has 0 bridgehead atoms. The molecular weight excluding hydrogens is 1250 g/mol. The summed E-state index contributed by atoms with van der Waals surface area (Å²) in [5.74, 6) is -1.57. The fourth-order valence-corrected chi connectivity index (χ4v) is 7.41. The zero-order valence-electron chi connectivity index (χ0n) is 45.6. The average molecular weight is 1370 g/mol. The Morgan fingerprint density at radius 2 is 0.643 bits per heavy atom. The van der Waals surface area contributed by atoms with Crippen molar-refractivity contribution in [1.29, 1.82) is 0 Å². The van der Waals surface area contributed by atoms with Crippen LogP contribution in [0.25, 0.3) is 36.1 Å². The first-order valence-electron chi connectivity index (χ1n) is 27.5. The second-order valence-electron chi connectivity index (χ2n) is 18.1. The molecule has 0 aromatic heterocycles. The molecule has 0 fully saturated rings. The molecule has 0 rings (SSSR count). The summed E-state index contributed by atoms with van der Waals surface area (Å²) in [6, 6.07) is 0. The van der Waals surface area contributed by atoms with E-state index in [4.69, 9.17) is 21.8 Å². The van der Waals surface area contributed by atoms with Gasteiger partial charge in [-0.05, 0) is 51.4 Å². The van der Waals surface area contributed by atoms with Crippen molar-refractivity contribution in [3.8, 4) is 0 Å². The van der Waals surface area contributed by atoms with Gasteiger partial charge in [0.15, 0.2) is 0 Å². The summed E-state index contributed by atoms with van der Waals surface area (Å²) in [6.45, 7) is 13.4. The molecule has 0 aromatic rings. The summed E-state index contributed by atoms with van der Waals surface area (Å²) in [6.07, 6.45) is 50.0. The molecule has 0 heterocycles. The van der Waals surface area contributed by atoms with Crippen molar-refractivity contribution < 1.29 is 82.7 Å². The molecule has 0 aromatic carbocycles. The second-order valence-corrected chi connectivity index (χ2v) is 18.1. The Morgan fingerprint density at radius 1 is 0.400 bits per heavy atom. The largest absolute Gasteiger partial charge is 4.00 e. The Morgan fingerprint density at radius 3 is 0.900 bits per heavy atom. The molecule has 16 N–H and O–H groups in total. The number of unbranched alkanes of at least 4 members (excludes halogenated alkanes) is 34. The van der Waals surface area contributed by atoms with Crippen LogP contribution in [0.4, 0.5) is 0 Å². The topological polar surface area (TPSA) is 322 Å². The van der Waals surface area contributed by atoms with Gasteiger partial charge in [-0.1, -0.05) is 234 Å².